The molecule has 4 N–H and O–H groups in total. The van der Waals surface area contributed by atoms with E-state index in [9.17, 15) is 21.6 Å². The van der Waals surface area contributed by atoms with Crippen LogP contribution in [0, 0.1) is 5.41 Å². The van der Waals surface area contributed by atoms with Gasteiger partial charge in [0.25, 0.3) is 0 Å². The Morgan fingerprint density at radius 1 is 1.28 bits per heavy atom. The maximum atomic E-state index is 12.2. The minimum atomic E-state index is -4.86. The lowest BCUT2D eigenvalue weighted by Gasteiger charge is -2.31. The lowest BCUT2D eigenvalue weighted by molar-refractivity contribution is -0.0316. The monoisotopic (exact) mass is 399 g/mol. The van der Waals surface area contributed by atoms with Gasteiger partial charge in [-0.15, -0.1) is 4.28 Å². The van der Waals surface area contributed by atoms with Crippen molar-refractivity contribution in [1.82, 2.24) is 19.4 Å². The van der Waals surface area contributed by atoms with Crippen LogP contribution in [0.5, 0.6) is 0 Å². The molecule has 0 unspecified atom stereocenters. The molecule has 2 amide bonds. The summed E-state index contributed by atoms with van der Waals surface area (Å²) in [4.78, 5) is 13.4. The zero-order chi connectivity index (χ0) is 19.2. The minimum Gasteiger partial charge on any atom is -0.310 e. The van der Waals surface area contributed by atoms with Crippen LogP contribution in [-0.4, -0.2) is 67.4 Å². The zero-order valence-corrected chi connectivity index (χ0v) is 15.5. The van der Waals surface area contributed by atoms with Crippen LogP contribution in [0.15, 0.2) is 0 Å². The second kappa shape index (κ2) is 6.35. The number of urea groups is 1. The van der Waals surface area contributed by atoms with Crippen LogP contribution in [-0.2, 0) is 24.9 Å². The summed E-state index contributed by atoms with van der Waals surface area (Å²) in [5, 5.41) is 8.52. The number of hydrogen-bond donors (Lipinski definition) is 4. The normalized spacial score (nSPS) is 24.6. The van der Waals surface area contributed by atoms with E-state index < -0.39 is 50.1 Å². The zero-order valence-electron chi connectivity index (χ0n) is 13.9. The molecule has 2 bridgehead atoms. The molecule has 0 spiro atoms. The SMILES string of the molecule is CC(C)(C)NS(=O)(=O)NC(=N)[C@@H]1CC[C@@H]2CN1C(=O)N2OS(=O)(=O)O. The number of nitrogens with zero attached hydrogens (tertiary/aromatic N) is 2. The Morgan fingerprint density at radius 2 is 1.88 bits per heavy atom. The van der Waals surface area contributed by atoms with Crippen LogP contribution < -0.4 is 9.44 Å². The van der Waals surface area contributed by atoms with Gasteiger partial charge in [-0.1, -0.05) is 0 Å². The maximum Gasteiger partial charge on any atom is 0.418 e. The van der Waals surface area contributed by atoms with Crippen molar-refractivity contribution in [2.45, 2.75) is 51.2 Å². The Labute approximate surface area is 146 Å². The van der Waals surface area contributed by atoms with E-state index in [1.807, 2.05) is 0 Å². The first-order chi connectivity index (χ1) is 11.2. The number of rotatable bonds is 5. The Bertz CT molecular complexity index is 773. The summed E-state index contributed by atoms with van der Waals surface area (Å²) in [5.74, 6) is -0.419. The van der Waals surface area contributed by atoms with E-state index in [4.69, 9.17) is 9.96 Å². The molecule has 2 aliphatic rings. The summed E-state index contributed by atoms with van der Waals surface area (Å²) in [6, 6.07) is -2.35. The van der Waals surface area contributed by atoms with Crippen molar-refractivity contribution < 1.29 is 30.5 Å². The average molecular weight is 399 g/mol. The molecule has 0 saturated carbocycles. The van der Waals surface area contributed by atoms with Gasteiger partial charge < -0.3 is 4.90 Å². The van der Waals surface area contributed by atoms with Crippen molar-refractivity contribution in [2.24, 2.45) is 0 Å². The van der Waals surface area contributed by atoms with Gasteiger partial charge in [0.1, 0.15) is 5.84 Å². The highest BCUT2D eigenvalue weighted by atomic mass is 32.3. The molecule has 12 nitrogen and oxygen atoms in total. The fraction of sp³-hybridized carbons (Fsp3) is 0.818. The summed E-state index contributed by atoms with van der Waals surface area (Å²) in [5.41, 5.74) is -0.757. The molecule has 2 heterocycles. The summed E-state index contributed by atoms with van der Waals surface area (Å²) >= 11 is 0. The number of carbonyl (C=O) groups is 1. The van der Waals surface area contributed by atoms with Gasteiger partial charge in [0.2, 0.25) is 0 Å². The number of hydrogen-bond acceptors (Lipinski definition) is 7. The Balaban J connectivity index is 2.10. The minimum absolute atomic E-state index is 0.0514. The third kappa shape index (κ3) is 5.01. The van der Waals surface area contributed by atoms with Gasteiger partial charge in [-0.3, -0.25) is 14.7 Å². The number of amides is 2. The fourth-order valence-electron chi connectivity index (χ4n) is 2.77. The molecule has 2 atom stereocenters. The maximum absolute atomic E-state index is 12.2. The number of carbonyl (C=O) groups excluding carboxylic acids is 1. The summed E-state index contributed by atoms with van der Waals surface area (Å²) in [6.07, 6.45) is 0.512. The molecular weight excluding hydrogens is 378 g/mol. The van der Waals surface area contributed by atoms with E-state index in [-0.39, 0.29) is 19.4 Å². The molecule has 0 aromatic heterocycles. The predicted molar refractivity (Wildman–Crippen MR) is 86.1 cm³/mol. The molecule has 0 aromatic carbocycles. The quantitative estimate of drug-likeness (QED) is 0.266. The largest absolute Gasteiger partial charge is 0.418 e. The lowest BCUT2D eigenvalue weighted by atomic mass is 10.0. The van der Waals surface area contributed by atoms with Crippen LogP contribution in [0.2, 0.25) is 0 Å². The Morgan fingerprint density at radius 3 is 2.40 bits per heavy atom. The van der Waals surface area contributed by atoms with Crippen molar-refractivity contribution in [3.8, 4) is 0 Å². The van der Waals surface area contributed by atoms with Crippen molar-refractivity contribution in [3.63, 3.8) is 0 Å². The van der Waals surface area contributed by atoms with Crippen molar-refractivity contribution in [3.05, 3.63) is 0 Å². The standard InChI is InChI=1S/C11H21N5O7S2/c1-11(2,3)14-24(18,19)13-9(12)8-5-4-7-6-15(8)10(17)16(7)23-25(20,21)22/h7-8,14H,4-6H2,1-3H3,(H2,12,13)(H,20,21,22)/t7-,8+/m1/s1. The summed E-state index contributed by atoms with van der Waals surface area (Å²) in [6.45, 7) is 4.95. The van der Waals surface area contributed by atoms with Crippen molar-refractivity contribution in [1.29, 1.82) is 5.41 Å². The molecule has 2 rings (SSSR count). The highest BCUT2D eigenvalue weighted by Crippen LogP contribution is 2.30. The smallest absolute Gasteiger partial charge is 0.310 e. The molecule has 0 aliphatic carbocycles. The van der Waals surface area contributed by atoms with Gasteiger partial charge >= 0.3 is 26.6 Å². The number of nitrogens with one attached hydrogen (secondary N) is 3. The number of hydroxylamine groups is 2. The first-order valence-electron chi connectivity index (χ1n) is 7.35. The predicted octanol–water partition coefficient (Wildman–Crippen LogP) is -0.811. The molecule has 144 valence electrons. The number of piperidine rings is 1. The second-order valence-electron chi connectivity index (χ2n) is 6.88. The topological polar surface area (TPSA) is 169 Å². The van der Waals surface area contributed by atoms with Gasteiger partial charge in [0.05, 0.1) is 12.1 Å². The third-order valence-corrected chi connectivity index (χ3v) is 5.23. The lowest BCUT2D eigenvalue weighted by Crippen LogP contribution is -2.55. The van der Waals surface area contributed by atoms with E-state index in [2.05, 4.69) is 13.7 Å². The molecule has 0 aromatic rings. The first-order valence-corrected chi connectivity index (χ1v) is 10.2. The molecule has 2 aliphatic heterocycles. The van der Waals surface area contributed by atoms with Crippen LogP contribution in [0.3, 0.4) is 0 Å². The number of amidine groups is 1. The third-order valence-electron chi connectivity index (χ3n) is 3.52. The van der Waals surface area contributed by atoms with E-state index in [0.29, 0.717) is 5.06 Å². The molecular formula is C11H21N5O7S2. The highest BCUT2D eigenvalue weighted by molar-refractivity contribution is 7.88. The average Bonchev–Trinajstić information content (AvgIpc) is 2.59. The molecule has 14 heteroatoms. The van der Waals surface area contributed by atoms with E-state index >= 15 is 0 Å². The summed E-state index contributed by atoms with van der Waals surface area (Å²) in [7, 11) is -8.87. The highest BCUT2D eigenvalue weighted by Gasteiger charge is 2.48. The van der Waals surface area contributed by atoms with Crippen LogP contribution in [0.25, 0.3) is 0 Å². The summed E-state index contributed by atoms with van der Waals surface area (Å²) < 4.78 is 63.1. The van der Waals surface area contributed by atoms with Crippen LogP contribution >= 0.6 is 0 Å². The van der Waals surface area contributed by atoms with Gasteiger partial charge in [-0.05, 0) is 33.6 Å². The van der Waals surface area contributed by atoms with Gasteiger partial charge in [-0.2, -0.15) is 26.6 Å². The molecule has 25 heavy (non-hydrogen) atoms. The molecule has 2 saturated heterocycles. The van der Waals surface area contributed by atoms with E-state index in [1.54, 1.807) is 20.8 Å². The van der Waals surface area contributed by atoms with Gasteiger partial charge in [-0.25, -0.2) is 4.79 Å². The van der Waals surface area contributed by atoms with E-state index in [1.165, 1.54) is 0 Å². The van der Waals surface area contributed by atoms with Crippen molar-refractivity contribution >= 4 is 32.5 Å². The van der Waals surface area contributed by atoms with Gasteiger partial charge in [0, 0.05) is 12.1 Å². The second-order valence-corrected chi connectivity index (χ2v) is 9.30. The van der Waals surface area contributed by atoms with Crippen LogP contribution in [0.1, 0.15) is 33.6 Å². The number of fused-ring (bicyclic) bond motifs is 2. The van der Waals surface area contributed by atoms with Crippen molar-refractivity contribution in [2.75, 3.05) is 6.54 Å². The molecule has 2 fully saturated rings. The fourth-order valence-corrected chi connectivity index (χ4v) is 4.44. The first kappa shape index (κ1) is 19.8. The van der Waals surface area contributed by atoms with Gasteiger partial charge in [0.15, 0.2) is 0 Å². The van der Waals surface area contributed by atoms with Crippen LogP contribution in [0.4, 0.5) is 4.79 Å². The molecule has 0 radical (unpaired) electrons. The Kier molecular flexibility index (Phi) is 5.04. The van der Waals surface area contributed by atoms with E-state index in [0.717, 1.165) is 4.90 Å². The Hall–Kier alpha value is -1.48.